The molecule has 5 rings (SSSR count). The van der Waals surface area contributed by atoms with E-state index in [1.54, 1.807) is 36.6 Å². The molecule has 0 unspecified atom stereocenters. The van der Waals surface area contributed by atoms with E-state index >= 15 is 0 Å². The Hall–Kier alpha value is -3.78. The van der Waals surface area contributed by atoms with E-state index in [1.165, 1.54) is 11.3 Å². The minimum Gasteiger partial charge on any atom is -0.452 e. The van der Waals surface area contributed by atoms with Gasteiger partial charge in [-0.05, 0) is 36.8 Å². The number of pyridine rings is 1. The molecular weight excluding hydrogens is 529 g/mol. The van der Waals surface area contributed by atoms with E-state index in [2.05, 4.69) is 10.3 Å². The summed E-state index contributed by atoms with van der Waals surface area (Å²) in [6.07, 6.45) is 0. The van der Waals surface area contributed by atoms with Crippen LogP contribution in [0.1, 0.15) is 15.9 Å². The molecule has 0 bridgehead atoms. The summed E-state index contributed by atoms with van der Waals surface area (Å²) in [4.78, 5) is 35.0. The van der Waals surface area contributed by atoms with Gasteiger partial charge in [0.1, 0.15) is 0 Å². The number of hydrogen-bond donors (Lipinski definition) is 1. The molecule has 2 heterocycles. The molecular formula is C28H19Cl2N3O3S. The van der Waals surface area contributed by atoms with Crippen molar-refractivity contribution in [1.29, 1.82) is 0 Å². The summed E-state index contributed by atoms with van der Waals surface area (Å²) in [7, 11) is 0. The molecule has 0 aliphatic heterocycles. The number of nitrogens with one attached hydrogen (secondary N) is 1. The SMILES string of the molecule is Cc1c(-c2cccc(Cl)c2)nc2ccccc2c1C(=O)OCC(=O)Nc1nc(-c2ccccc2Cl)cs1. The molecule has 0 fully saturated rings. The number of aromatic nitrogens is 2. The monoisotopic (exact) mass is 547 g/mol. The highest BCUT2D eigenvalue weighted by atomic mass is 35.5. The average Bonchev–Trinajstić information content (AvgIpc) is 3.35. The van der Waals surface area contributed by atoms with E-state index in [0.717, 1.165) is 11.1 Å². The highest BCUT2D eigenvalue weighted by molar-refractivity contribution is 7.14. The number of rotatable bonds is 6. The number of fused-ring (bicyclic) bond motifs is 1. The molecule has 0 radical (unpaired) electrons. The first-order valence-corrected chi connectivity index (χ1v) is 12.9. The molecule has 0 spiro atoms. The maximum Gasteiger partial charge on any atom is 0.339 e. The van der Waals surface area contributed by atoms with Gasteiger partial charge in [-0.1, -0.05) is 71.7 Å². The number of anilines is 1. The molecule has 1 amide bonds. The fourth-order valence-electron chi connectivity index (χ4n) is 3.97. The Morgan fingerprint density at radius 1 is 0.973 bits per heavy atom. The first-order valence-electron chi connectivity index (χ1n) is 11.2. The van der Waals surface area contributed by atoms with Gasteiger partial charge in [-0.3, -0.25) is 10.1 Å². The lowest BCUT2D eigenvalue weighted by molar-refractivity contribution is -0.119. The second-order valence-electron chi connectivity index (χ2n) is 8.13. The maximum absolute atomic E-state index is 13.2. The van der Waals surface area contributed by atoms with Gasteiger partial charge < -0.3 is 4.74 Å². The Morgan fingerprint density at radius 2 is 1.76 bits per heavy atom. The quantitative estimate of drug-likeness (QED) is 0.223. The number of carbonyl (C=O) groups excluding carboxylic acids is 2. The minimum atomic E-state index is -0.620. The van der Waals surface area contributed by atoms with E-state index in [1.807, 2.05) is 48.5 Å². The van der Waals surface area contributed by atoms with Crippen LogP contribution in [0.3, 0.4) is 0 Å². The van der Waals surface area contributed by atoms with Crippen molar-refractivity contribution in [2.45, 2.75) is 6.92 Å². The number of hydrogen-bond acceptors (Lipinski definition) is 6. The first kappa shape index (κ1) is 24.9. The Bertz CT molecular complexity index is 1650. The highest BCUT2D eigenvalue weighted by Crippen LogP contribution is 2.32. The van der Waals surface area contributed by atoms with Crippen LogP contribution in [0.15, 0.2) is 78.2 Å². The van der Waals surface area contributed by atoms with E-state index in [-0.39, 0.29) is 0 Å². The number of esters is 1. The van der Waals surface area contributed by atoms with Crippen LogP contribution in [-0.2, 0) is 9.53 Å². The van der Waals surface area contributed by atoms with E-state index < -0.39 is 18.5 Å². The van der Waals surface area contributed by atoms with E-state index in [9.17, 15) is 9.59 Å². The summed E-state index contributed by atoms with van der Waals surface area (Å²) in [5.74, 6) is -1.12. The molecule has 1 N–H and O–H groups in total. The molecule has 2 aromatic heterocycles. The fraction of sp³-hybridized carbons (Fsp3) is 0.0714. The Labute approximate surface area is 226 Å². The third kappa shape index (κ3) is 5.34. The van der Waals surface area contributed by atoms with Gasteiger partial charge in [0.2, 0.25) is 0 Å². The number of benzene rings is 3. The number of amides is 1. The highest BCUT2D eigenvalue weighted by Gasteiger charge is 2.21. The van der Waals surface area contributed by atoms with Crippen molar-refractivity contribution < 1.29 is 14.3 Å². The van der Waals surface area contributed by atoms with Crippen molar-refractivity contribution >= 4 is 62.4 Å². The smallest absolute Gasteiger partial charge is 0.339 e. The van der Waals surface area contributed by atoms with Gasteiger partial charge in [0.05, 0.1) is 22.5 Å². The number of ether oxygens (including phenoxy) is 1. The van der Waals surface area contributed by atoms with Crippen molar-refractivity contribution in [3.05, 3.63) is 99.3 Å². The predicted molar refractivity (Wildman–Crippen MR) is 148 cm³/mol. The minimum absolute atomic E-state index is 0.351. The second kappa shape index (κ2) is 10.7. The second-order valence-corrected chi connectivity index (χ2v) is 9.83. The molecule has 37 heavy (non-hydrogen) atoms. The topological polar surface area (TPSA) is 81.2 Å². The molecule has 184 valence electrons. The van der Waals surface area contributed by atoms with Gasteiger partial charge in [-0.25, -0.2) is 14.8 Å². The van der Waals surface area contributed by atoms with Gasteiger partial charge in [-0.15, -0.1) is 11.3 Å². The standard InChI is InChI=1S/C28H19Cl2N3O3S/c1-16-25(20-10-3-5-12-22(20)31-26(16)17-7-6-8-18(29)13-17)27(35)36-14-24(34)33-28-32-23(15-37-28)19-9-2-4-11-21(19)30/h2-13,15H,14H2,1H3,(H,32,33,34). The van der Waals surface area contributed by atoms with Gasteiger partial charge in [0.15, 0.2) is 11.7 Å². The van der Waals surface area contributed by atoms with Crippen LogP contribution >= 0.6 is 34.5 Å². The lowest BCUT2D eigenvalue weighted by Gasteiger charge is -2.14. The zero-order chi connectivity index (χ0) is 25.9. The van der Waals surface area contributed by atoms with Crippen molar-refractivity contribution in [2.75, 3.05) is 11.9 Å². The maximum atomic E-state index is 13.2. The number of thiazole rings is 1. The molecule has 0 atom stereocenters. The summed E-state index contributed by atoms with van der Waals surface area (Å²) in [6, 6.07) is 21.9. The Morgan fingerprint density at radius 3 is 2.57 bits per heavy atom. The summed E-state index contributed by atoms with van der Waals surface area (Å²) < 4.78 is 5.43. The summed E-state index contributed by atoms with van der Waals surface area (Å²) >= 11 is 13.7. The molecule has 3 aromatic carbocycles. The zero-order valence-electron chi connectivity index (χ0n) is 19.5. The lowest BCUT2D eigenvalue weighted by atomic mass is 9.98. The van der Waals surface area contributed by atoms with Crippen LogP contribution in [0.2, 0.25) is 10.0 Å². The number of nitrogens with zero attached hydrogens (tertiary/aromatic N) is 2. The number of halogens is 2. The van der Waals surface area contributed by atoms with Gasteiger partial charge in [-0.2, -0.15) is 0 Å². The summed E-state index contributed by atoms with van der Waals surface area (Å²) in [6.45, 7) is 1.33. The Balaban J connectivity index is 1.35. The third-order valence-electron chi connectivity index (χ3n) is 5.67. The van der Waals surface area contributed by atoms with Crippen molar-refractivity contribution in [3.8, 4) is 22.5 Å². The van der Waals surface area contributed by atoms with Crippen molar-refractivity contribution in [3.63, 3.8) is 0 Å². The van der Waals surface area contributed by atoms with E-state index in [0.29, 0.717) is 48.6 Å². The molecule has 0 aliphatic rings. The number of carbonyl (C=O) groups is 2. The third-order valence-corrected chi connectivity index (χ3v) is 7.00. The molecule has 6 nitrogen and oxygen atoms in total. The van der Waals surface area contributed by atoms with Crippen LogP contribution < -0.4 is 5.32 Å². The van der Waals surface area contributed by atoms with Crippen LogP contribution in [0.4, 0.5) is 5.13 Å². The summed E-state index contributed by atoms with van der Waals surface area (Å²) in [5, 5.41) is 6.62. The molecule has 0 saturated carbocycles. The van der Waals surface area contributed by atoms with E-state index in [4.69, 9.17) is 32.9 Å². The zero-order valence-corrected chi connectivity index (χ0v) is 21.8. The van der Waals surface area contributed by atoms with Crippen LogP contribution in [0.25, 0.3) is 33.4 Å². The average molecular weight is 548 g/mol. The molecule has 0 saturated heterocycles. The fourth-order valence-corrected chi connectivity index (χ4v) is 5.12. The molecule has 9 heteroatoms. The lowest BCUT2D eigenvalue weighted by Crippen LogP contribution is -2.21. The largest absolute Gasteiger partial charge is 0.452 e. The van der Waals surface area contributed by atoms with Crippen LogP contribution in [0, 0.1) is 6.92 Å². The Kier molecular flexibility index (Phi) is 7.19. The molecule has 0 aliphatic carbocycles. The van der Waals surface area contributed by atoms with Gasteiger partial charge in [0, 0.05) is 31.9 Å². The normalized spacial score (nSPS) is 10.9. The van der Waals surface area contributed by atoms with Crippen molar-refractivity contribution in [2.24, 2.45) is 0 Å². The van der Waals surface area contributed by atoms with Gasteiger partial charge >= 0.3 is 5.97 Å². The first-order chi connectivity index (χ1) is 17.9. The van der Waals surface area contributed by atoms with Crippen LogP contribution in [-0.4, -0.2) is 28.5 Å². The predicted octanol–water partition coefficient (Wildman–Crippen LogP) is 7.44. The summed E-state index contributed by atoms with van der Waals surface area (Å²) in [5.41, 5.74) is 4.43. The van der Waals surface area contributed by atoms with Gasteiger partial charge in [0.25, 0.3) is 5.91 Å². The van der Waals surface area contributed by atoms with Crippen molar-refractivity contribution in [1.82, 2.24) is 9.97 Å². The molecule has 5 aromatic rings. The number of para-hydroxylation sites is 1. The van der Waals surface area contributed by atoms with Crippen LogP contribution in [0.5, 0.6) is 0 Å².